The molecule has 0 aliphatic carbocycles. The summed E-state index contributed by atoms with van der Waals surface area (Å²) in [6.45, 7) is 1.29. The quantitative estimate of drug-likeness (QED) is 0.628. The molecule has 1 atom stereocenters. The molecule has 0 aromatic heterocycles. The first-order chi connectivity index (χ1) is 7.90. The molecule has 0 amide bonds. The Labute approximate surface area is 94.3 Å². The van der Waals surface area contributed by atoms with E-state index in [2.05, 4.69) is 4.74 Å². The third-order valence-corrected chi connectivity index (χ3v) is 1.95. The summed E-state index contributed by atoms with van der Waals surface area (Å²) >= 11 is 0. The van der Waals surface area contributed by atoms with Crippen molar-refractivity contribution < 1.29 is 32.9 Å². The minimum absolute atomic E-state index is 0.125. The monoisotopic (exact) mass is 250 g/mol. The largest absolute Gasteiger partial charge is 0.505 e. The van der Waals surface area contributed by atoms with Crippen LogP contribution >= 0.6 is 0 Å². The number of hydrogen-bond acceptors (Lipinski definition) is 4. The lowest BCUT2D eigenvalue weighted by Crippen LogP contribution is -2.18. The molecule has 0 saturated heterocycles. The maximum absolute atomic E-state index is 13.3. The van der Waals surface area contributed by atoms with Crippen molar-refractivity contribution in [3.8, 4) is 5.75 Å². The first-order valence-corrected chi connectivity index (χ1v) is 4.61. The zero-order chi connectivity index (χ0) is 13.2. The number of phenolic OH excluding ortho intramolecular Hbond substituents is 1. The van der Waals surface area contributed by atoms with Crippen LogP contribution in [-0.2, 0) is 9.53 Å². The van der Waals surface area contributed by atoms with Gasteiger partial charge in [0, 0.05) is 6.07 Å². The van der Waals surface area contributed by atoms with E-state index in [4.69, 9.17) is 5.11 Å². The number of carbonyl (C=O) groups excluding carboxylic acids is 1. The Morgan fingerprint density at radius 2 is 2.00 bits per heavy atom. The first-order valence-electron chi connectivity index (χ1n) is 4.61. The van der Waals surface area contributed by atoms with E-state index in [0.29, 0.717) is 0 Å². The summed E-state index contributed by atoms with van der Waals surface area (Å²) in [5, 5.41) is 18.2. The fourth-order valence-electron chi connectivity index (χ4n) is 1.19. The van der Waals surface area contributed by atoms with Crippen LogP contribution in [0, 0.1) is 17.5 Å². The number of aliphatic hydroxyl groups excluding tert-OH is 1. The molecule has 7 heteroatoms. The molecule has 2 N–H and O–H groups in total. The van der Waals surface area contributed by atoms with Gasteiger partial charge in [-0.1, -0.05) is 0 Å². The van der Waals surface area contributed by atoms with E-state index in [9.17, 15) is 23.1 Å². The number of esters is 1. The Morgan fingerprint density at radius 1 is 1.41 bits per heavy atom. The SMILES string of the molecule is CCOC(=O)C(O)c1c(F)c(O)cc(F)c1F. The molecule has 94 valence electrons. The van der Waals surface area contributed by atoms with E-state index in [1.807, 2.05) is 0 Å². The van der Waals surface area contributed by atoms with Crippen LogP contribution in [0.1, 0.15) is 18.6 Å². The van der Waals surface area contributed by atoms with Gasteiger partial charge in [0.25, 0.3) is 0 Å². The summed E-state index contributed by atoms with van der Waals surface area (Å²) in [4.78, 5) is 11.1. The Kier molecular flexibility index (Phi) is 3.95. The lowest BCUT2D eigenvalue weighted by Gasteiger charge is -2.12. The summed E-state index contributed by atoms with van der Waals surface area (Å²) in [5.74, 6) is -7.48. The van der Waals surface area contributed by atoms with Crippen LogP contribution in [0.4, 0.5) is 13.2 Å². The predicted molar refractivity (Wildman–Crippen MR) is 49.6 cm³/mol. The van der Waals surface area contributed by atoms with Crippen molar-refractivity contribution in [2.45, 2.75) is 13.0 Å². The second kappa shape index (κ2) is 5.05. The van der Waals surface area contributed by atoms with E-state index in [-0.39, 0.29) is 12.7 Å². The van der Waals surface area contributed by atoms with Crippen molar-refractivity contribution >= 4 is 5.97 Å². The third kappa shape index (κ3) is 2.50. The Bertz CT molecular complexity index is 421. The summed E-state index contributed by atoms with van der Waals surface area (Å²) < 4.78 is 43.7. The van der Waals surface area contributed by atoms with Gasteiger partial charge in [0.1, 0.15) is 0 Å². The van der Waals surface area contributed by atoms with Crippen LogP contribution in [0.2, 0.25) is 0 Å². The number of ether oxygens (including phenoxy) is 1. The number of halogens is 3. The molecule has 4 nitrogen and oxygen atoms in total. The summed E-state index contributed by atoms with van der Waals surface area (Å²) in [6.07, 6.45) is -2.34. The number of hydrogen-bond donors (Lipinski definition) is 2. The zero-order valence-corrected chi connectivity index (χ0v) is 8.71. The van der Waals surface area contributed by atoms with Gasteiger partial charge in [-0.25, -0.2) is 18.0 Å². The molecule has 0 saturated carbocycles. The molecule has 1 rings (SSSR count). The minimum atomic E-state index is -2.34. The lowest BCUT2D eigenvalue weighted by atomic mass is 10.1. The molecule has 0 bridgehead atoms. The Morgan fingerprint density at radius 3 is 2.53 bits per heavy atom. The van der Waals surface area contributed by atoms with E-state index in [1.165, 1.54) is 6.92 Å². The van der Waals surface area contributed by atoms with Gasteiger partial charge in [-0.05, 0) is 6.92 Å². The van der Waals surface area contributed by atoms with Gasteiger partial charge in [0.2, 0.25) is 0 Å². The minimum Gasteiger partial charge on any atom is -0.505 e. The average molecular weight is 250 g/mol. The van der Waals surface area contributed by atoms with Crippen molar-refractivity contribution in [3.05, 3.63) is 29.1 Å². The smallest absolute Gasteiger partial charge is 0.339 e. The van der Waals surface area contributed by atoms with Gasteiger partial charge in [-0.2, -0.15) is 0 Å². The van der Waals surface area contributed by atoms with E-state index < -0.39 is 40.8 Å². The van der Waals surface area contributed by atoms with Gasteiger partial charge in [-0.3, -0.25) is 0 Å². The van der Waals surface area contributed by atoms with Gasteiger partial charge in [0.05, 0.1) is 12.2 Å². The second-order valence-corrected chi connectivity index (χ2v) is 3.07. The standard InChI is InChI=1S/C10H9F3O4/c1-2-17-10(16)9(15)6-7(12)4(11)3-5(14)8(6)13/h3,9,14-15H,2H2,1H3. The normalized spacial score (nSPS) is 12.3. The molecule has 0 spiro atoms. The molecule has 0 radical (unpaired) electrons. The van der Waals surface area contributed by atoms with Crippen molar-refractivity contribution in [2.75, 3.05) is 6.61 Å². The van der Waals surface area contributed by atoms with Gasteiger partial charge in [-0.15, -0.1) is 0 Å². The molecule has 0 heterocycles. The summed E-state index contributed by atoms with van der Waals surface area (Å²) in [7, 11) is 0. The molecule has 1 unspecified atom stereocenters. The number of phenols is 1. The lowest BCUT2D eigenvalue weighted by molar-refractivity contribution is -0.153. The number of aliphatic hydroxyl groups is 1. The van der Waals surface area contributed by atoms with E-state index in [1.54, 1.807) is 0 Å². The highest BCUT2D eigenvalue weighted by atomic mass is 19.2. The van der Waals surface area contributed by atoms with Crippen LogP contribution in [0.15, 0.2) is 6.07 Å². The van der Waals surface area contributed by atoms with Crippen LogP contribution in [0.5, 0.6) is 5.75 Å². The highest BCUT2D eigenvalue weighted by Crippen LogP contribution is 2.29. The van der Waals surface area contributed by atoms with Crippen molar-refractivity contribution in [3.63, 3.8) is 0 Å². The Hall–Kier alpha value is -1.76. The van der Waals surface area contributed by atoms with Crippen LogP contribution in [0.25, 0.3) is 0 Å². The van der Waals surface area contributed by atoms with Crippen molar-refractivity contribution in [1.29, 1.82) is 0 Å². The maximum atomic E-state index is 13.3. The summed E-state index contributed by atoms with van der Waals surface area (Å²) in [6, 6.07) is 0.200. The van der Waals surface area contributed by atoms with Crippen LogP contribution in [-0.4, -0.2) is 22.8 Å². The number of benzene rings is 1. The average Bonchev–Trinajstić information content (AvgIpc) is 2.27. The van der Waals surface area contributed by atoms with Gasteiger partial charge >= 0.3 is 5.97 Å². The van der Waals surface area contributed by atoms with Gasteiger partial charge < -0.3 is 14.9 Å². The molecule has 1 aromatic rings. The van der Waals surface area contributed by atoms with Crippen molar-refractivity contribution in [2.24, 2.45) is 0 Å². The highest BCUT2D eigenvalue weighted by Gasteiger charge is 2.30. The molecule has 0 aliphatic heterocycles. The van der Waals surface area contributed by atoms with Crippen molar-refractivity contribution in [1.82, 2.24) is 0 Å². The van der Waals surface area contributed by atoms with Crippen LogP contribution < -0.4 is 0 Å². The highest BCUT2D eigenvalue weighted by molar-refractivity contribution is 5.76. The maximum Gasteiger partial charge on any atom is 0.339 e. The topological polar surface area (TPSA) is 66.8 Å². The summed E-state index contributed by atoms with van der Waals surface area (Å²) in [5.41, 5.74) is -1.28. The molecular weight excluding hydrogens is 241 g/mol. The van der Waals surface area contributed by atoms with E-state index in [0.717, 1.165) is 0 Å². The molecule has 1 aromatic carbocycles. The molecule has 0 fully saturated rings. The second-order valence-electron chi connectivity index (χ2n) is 3.07. The number of carbonyl (C=O) groups is 1. The molecular formula is C10H9F3O4. The molecule has 17 heavy (non-hydrogen) atoms. The number of aromatic hydroxyl groups is 1. The Balaban J connectivity index is 3.25. The first kappa shape index (κ1) is 13.3. The van der Waals surface area contributed by atoms with Gasteiger partial charge in [0.15, 0.2) is 29.3 Å². The number of rotatable bonds is 3. The van der Waals surface area contributed by atoms with Crippen LogP contribution in [0.3, 0.4) is 0 Å². The fraction of sp³-hybridized carbons (Fsp3) is 0.300. The third-order valence-electron chi connectivity index (χ3n) is 1.95. The fourth-order valence-corrected chi connectivity index (χ4v) is 1.19. The predicted octanol–water partition coefficient (Wildman–Crippen LogP) is 1.41. The van der Waals surface area contributed by atoms with E-state index >= 15 is 0 Å². The zero-order valence-electron chi connectivity index (χ0n) is 8.71. The molecule has 0 aliphatic rings.